The third-order valence-corrected chi connectivity index (χ3v) is 5.56. The lowest BCUT2D eigenvalue weighted by molar-refractivity contribution is 0.0950. The molecule has 0 spiro atoms. The Morgan fingerprint density at radius 3 is 2.73 bits per heavy atom. The fourth-order valence-electron chi connectivity index (χ4n) is 4.07. The predicted octanol–water partition coefficient (Wildman–Crippen LogP) is 2.67. The Morgan fingerprint density at radius 1 is 1.12 bits per heavy atom. The van der Waals surface area contributed by atoms with Crippen LogP contribution in [0.25, 0.3) is 0 Å². The van der Waals surface area contributed by atoms with Crippen molar-refractivity contribution in [3.63, 3.8) is 0 Å². The van der Waals surface area contributed by atoms with E-state index >= 15 is 0 Å². The second kappa shape index (κ2) is 7.60. The predicted molar refractivity (Wildman–Crippen MR) is 102 cm³/mol. The molecule has 0 aromatic heterocycles. The van der Waals surface area contributed by atoms with Gasteiger partial charge in [-0.3, -0.25) is 9.69 Å². The molecule has 136 valence electrons. The van der Waals surface area contributed by atoms with E-state index < -0.39 is 0 Å². The van der Waals surface area contributed by atoms with Crippen molar-refractivity contribution in [1.29, 1.82) is 0 Å². The van der Waals surface area contributed by atoms with Crippen LogP contribution in [-0.4, -0.2) is 35.1 Å². The number of nitrogens with one attached hydrogen (secondary N) is 1. The van der Waals surface area contributed by atoms with E-state index in [-0.39, 0.29) is 12.0 Å². The smallest absolute Gasteiger partial charge is 0.251 e. The molecule has 4 nitrogen and oxygen atoms in total. The van der Waals surface area contributed by atoms with Crippen LogP contribution in [0.2, 0.25) is 0 Å². The van der Waals surface area contributed by atoms with E-state index in [4.69, 9.17) is 0 Å². The number of carbonyl (C=O) groups is 1. The summed E-state index contributed by atoms with van der Waals surface area (Å²) < 4.78 is 0. The van der Waals surface area contributed by atoms with Crippen molar-refractivity contribution < 1.29 is 9.90 Å². The average Bonchev–Trinajstić information content (AvgIpc) is 3.28. The molecular formula is C22H26N2O2. The molecule has 1 aliphatic carbocycles. The van der Waals surface area contributed by atoms with Gasteiger partial charge in [0.05, 0.1) is 6.10 Å². The number of likely N-dealkylation sites (tertiary alicyclic amines) is 1. The van der Waals surface area contributed by atoms with Crippen molar-refractivity contribution in [3.05, 3.63) is 70.3 Å². The largest absolute Gasteiger partial charge is 0.392 e. The van der Waals surface area contributed by atoms with E-state index in [1.54, 1.807) is 0 Å². The van der Waals surface area contributed by atoms with Crippen molar-refractivity contribution in [3.8, 4) is 0 Å². The van der Waals surface area contributed by atoms with Crippen molar-refractivity contribution in [2.24, 2.45) is 0 Å². The number of benzene rings is 2. The molecule has 0 saturated carbocycles. The third-order valence-electron chi connectivity index (χ3n) is 5.56. The highest BCUT2D eigenvalue weighted by Crippen LogP contribution is 2.23. The van der Waals surface area contributed by atoms with E-state index in [0.29, 0.717) is 6.54 Å². The van der Waals surface area contributed by atoms with Crippen LogP contribution in [0.5, 0.6) is 0 Å². The minimum atomic E-state index is -0.207. The average molecular weight is 350 g/mol. The molecule has 2 N–H and O–H groups in total. The van der Waals surface area contributed by atoms with E-state index in [9.17, 15) is 9.90 Å². The van der Waals surface area contributed by atoms with Crippen LogP contribution in [0, 0.1) is 0 Å². The van der Waals surface area contributed by atoms with Crippen LogP contribution in [0.3, 0.4) is 0 Å². The monoisotopic (exact) mass is 350 g/mol. The topological polar surface area (TPSA) is 52.6 Å². The number of amides is 1. The van der Waals surface area contributed by atoms with Gasteiger partial charge in [-0.1, -0.05) is 30.3 Å². The first-order chi connectivity index (χ1) is 12.7. The zero-order valence-corrected chi connectivity index (χ0v) is 15.1. The molecule has 1 aliphatic heterocycles. The lowest BCUT2D eigenvalue weighted by Crippen LogP contribution is -2.25. The van der Waals surface area contributed by atoms with Gasteiger partial charge < -0.3 is 10.4 Å². The molecule has 1 atom stereocenters. The zero-order valence-electron chi connectivity index (χ0n) is 15.1. The number of aliphatic hydroxyl groups excluding tert-OH is 1. The van der Waals surface area contributed by atoms with Crippen molar-refractivity contribution in [2.45, 2.75) is 44.9 Å². The van der Waals surface area contributed by atoms with E-state index in [1.165, 1.54) is 23.1 Å². The molecule has 0 radical (unpaired) electrons. The Kier molecular flexibility index (Phi) is 5.05. The number of carbonyl (C=O) groups excluding carboxylic acids is 1. The molecule has 1 fully saturated rings. The fourth-order valence-corrected chi connectivity index (χ4v) is 4.07. The van der Waals surface area contributed by atoms with E-state index in [1.807, 2.05) is 18.2 Å². The maximum Gasteiger partial charge on any atom is 0.251 e. The quantitative estimate of drug-likeness (QED) is 0.872. The van der Waals surface area contributed by atoms with Crippen molar-refractivity contribution in [2.75, 3.05) is 13.1 Å². The Hall–Kier alpha value is -2.17. The lowest BCUT2D eigenvalue weighted by atomic mass is 10.0. The molecule has 2 aromatic carbocycles. The minimum absolute atomic E-state index is 0.00824. The molecule has 2 aliphatic rings. The third kappa shape index (κ3) is 3.81. The molecule has 1 unspecified atom stereocenters. The summed E-state index contributed by atoms with van der Waals surface area (Å²) in [6, 6.07) is 14.3. The molecule has 0 bridgehead atoms. The summed E-state index contributed by atoms with van der Waals surface area (Å²) >= 11 is 0. The molecule has 4 heteroatoms. The molecular weight excluding hydrogens is 324 g/mol. The Labute approximate surface area is 154 Å². The molecule has 26 heavy (non-hydrogen) atoms. The van der Waals surface area contributed by atoms with Crippen LogP contribution in [0.4, 0.5) is 0 Å². The van der Waals surface area contributed by atoms with Crippen LogP contribution < -0.4 is 5.32 Å². The van der Waals surface area contributed by atoms with Gasteiger partial charge >= 0.3 is 0 Å². The number of aliphatic hydroxyl groups is 1. The van der Waals surface area contributed by atoms with E-state index in [2.05, 4.69) is 34.5 Å². The number of fused-ring (bicyclic) bond motifs is 1. The highest BCUT2D eigenvalue weighted by Gasteiger charge is 2.21. The number of β-amino-alcohol motifs (C(OH)–C–C–N with tert-alkyl or cyclic N) is 1. The Bertz CT molecular complexity index is 802. The lowest BCUT2D eigenvalue weighted by Gasteiger charge is -2.18. The number of nitrogens with zero attached hydrogens (tertiary/aromatic N) is 1. The first-order valence-corrected chi connectivity index (χ1v) is 9.56. The standard InChI is InChI=1S/C22H26N2O2/c25-21-10-11-24(15-21)14-20-5-2-1-4-19(20)13-23-22(26)18-9-8-16-6-3-7-17(16)12-18/h1-2,4-5,8-9,12,21,25H,3,6-7,10-11,13-15H2,(H,23,26). The molecule has 1 heterocycles. The maximum absolute atomic E-state index is 12.6. The number of hydrogen-bond donors (Lipinski definition) is 2. The minimum Gasteiger partial charge on any atom is -0.392 e. The second-order valence-corrected chi connectivity index (χ2v) is 7.47. The van der Waals surface area contributed by atoms with Gasteiger partial charge in [-0.05, 0) is 60.1 Å². The highest BCUT2D eigenvalue weighted by molar-refractivity contribution is 5.94. The maximum atomic E-state index is 12.6. The molecule has 4 rings (SSSR count). The first-order valence-electron chi connectivity index (χ1n) is 9.56. The van der Waals surface area contributed by atoms with Crippen LogP contribution in [0.15, 0.2) is 42.5 Å². The highest BCUT2D eigenvalue weighted by atomic mass is 16.3. The van der Waals surface area contributed by atoms with Gasteiger partial charge in [0, 0.05) is 31.7 Å². The number of hydrogen-bond acceptors (Lipinski definition) is 3. The summed E-state index contributed by atoms with van der Waals surface area (Å²) in [5.74, 6) is -0.00824. The van der Waals surface area contributed by atoms with Crippen LogP contribution in [-0.2, 0) is 25.9 Å². The first kappa shape index (κ1) is 17.3. The van der Waals surface area contributed by atoms with Gasteiger partial charge in [0.2, 0.25) is 0 Å². The molecule has 1 amide bonds. The summed E-state index contributed by atoms with van der Waals surface area (Å²) in [6.07, 6.45) is 4.05. The molecule has 2 aromatic rings. The van der Waals surface area contributed by atoms with E-state index in [0.717, 1.165) is 50.0 Å². The number of aryl methyl sites for hydroxylation is 2. The van der Waals surface area contributed by atoms with Gasteiger partial charge in [0.15, 0.2) is 0 Å². The van der Waals surface area contributed by atoms with Crippen LogP contribution in [0.1, 0.15) is 45.5 Å². The SMILES string of the molecule is O=C(NCc1ccccc1CN1CCC(O)C1)c1ccc2c(c1)CCC2. The fraction of sp³-hybridized carbons (Fsp3) is 0.409. The summed E-state index contributed by atoms with van der Waals surface area (Å²) in [5.41, 5.74) is 5.83. The van der Waals surface area contributed by atoms with Gasteiger partial charge in [0.1, 0.15) is 0 Å². The summed E-state index contributed by atoms with van der Waals surface area (Å²) in [6.45, 7) is 3.01. The number of rotatable bonds is 5. The van der Waals surface area contributed by atoms with Crippen LogP contribution >= 0.6 is 0 Å². The zero-order chi connectivity index (χ0) is 17.9. The normalized spacial score (nSPS) is 19.5. The summed E-state index contributed by atoms with van der Waals surface area (Å²) in [4.78, 5) is 14.8. The summed E-state index contributed by atoms with van der Waals surface area (Å²) in [7, 11) is 0. The van der Waals surface area contributed by atoms with Crippen molar-refractivity contribution in [1.82, 2.24) is 10.2 Å². The van der Waals surface area contributed by atoms with Gasteiger partial charge in [-0.15, -0.1) is 0 Å². The Balaban J connectivity index is 1.40. The van der Waals surface area contributed by atoms with Crippen molar-refractivity contribution >= 4 is 5.91 Å². The molecule has 1 saturated heterocycles. The van der Waals surface area contributed by atoms with Gasteiger partial charge in [-0.2, -0.15) is 0 Å². The Morgan fingerprint density at radius 2 is 1.92 bits per heavy atom. The van der Waals surface area contributed by atoms with Gasteiger partial charge in [0.25, 0.3) is 5.91 Å². The summed E-state index contributed by atoms with van der Waals surface area (Å²) in [5, 5.41) is 12.8. The van der Waals surface area contributed by atoms with Gasteiger partial charge in [-0.25, -0.2) is 0 Å². The second-order valence-electron chi connectivity index (χ2n) is 7.47.